The third kappa shape index (κ3) is 2.47. The summed E-state index contributed by atoms with van der Waals surface area (Å²) in [7, 11) is 0. The second kappa shape index (κ2) is 5.21. The zero-order chi connectivity index (χ0) is 11.6. The molecule has 0 amide bonds. The highest BCUT2D eigenvalue weighted by molar-refractivity contribution is 9.11. The van der Waals surface area contributed by atoms with E-state index in [0.29, 0.717) is 13.1 Å². The molecule has 0 atom stereocenters. The van der Waals surface area contributed by atoms with Crippen molar-refractivity contribution >= 4 is 37.7 Å². The predicted molar refractivity (Wildman–Crippen MR) is 63.1 cm³/mol. The average molecular weight is 344 g/mol. The van der Waals surface area contributed by atoms with E-state index < -0.39 is 11.6 Å². The summed E-state index contributed by atoms with van der Waals surface area (Å²) in [5, 5.41) is 0. The van der Waals surface area contributed by atoms with Gasteiger partial charge >= 0.3 is 0 Å². The molecule has 0 saturated carbocycles. The Labute approximate surface area is 104 Å². The Hall–Kier alpha value is -0.230. The Morgan fingerprint density at radius 3 is 2.13 bits per heavy atom. The molecule has 0 N–H and O–H groups in total. The van der Waals surface area contributed by atoms with E-state index in [2.05, 4.69) is 36.8 Å². The molecule has 0 aromatic carbocycles. The first-order valence-electron chi connectivity index (χ1n) is 4.47. The number of rotatable bonds is 3. The second-order valence-electron chi connectivity index (χ2n) is 2.84. The molecule has 0 aliphatic heterocycles. The highest BCUT2D eigenvalue weighted by Gasteiger charge is 2.19. The van der Waals surface area contributed by atoms with Gasteiger partial charge in [-0.15, -0.1) is 0 Å². The zero-order valence-corrected chi connectivity index (χ0v) is 11.5. The Kier molecular flexibility index (Phi) is 4.45. The van der Waals surface area contributed by atoms with Gasteiger partial charge in [0.25, 0.3) is 0 Å². The van der Waals surface area contributed by atoms with E-state index in [4.69, 9.17) is 0 Å². The van der Waals surface area contributed by atoms with E-state index >= 15 is 0 Å². The minimum atomic E-state index is -0.719. The molecule has 0 spiro atoms. The number of pyridine rings is 1. The van der Waals surface area contributed by atoms with E-state index in [1.54, 1.807) is 4.90 Å². The van der Waals surface area contributed by atoms with Gasteiger partial charge < -0.3 is 4.90 Å². The molecule has 0 bridgehead atoms. The van der Waals surface area contributed by atoms with Crippen LogP contribution in [0, 0.1) is 11.6 Å². The second-order valence-corrected chi connectivity index (χ2v) is 4.38. The first-order valence-corrected chi connectivity index (χ1v) is 6.06. The Morgan fingerprint density at radius 1 is 1.13 bits per heavy atom. The molecule has 6 heteroatoms. The molecule has 0 saturated heterocycles. The van der Waals surface area contributed by atoms with Gasteiger partial charge in [0.2, 0.25) is 0 Å². The zero-order valence-electron chi connectivity index (χ0n) is 8.32. The third-order valence-electron chi connectivity index (χ3n) is 2.03. The van der Waals surface area contributed by atoms with Crippen LogP contribution < -0.4 is 4.90 Å². The Balaban J connectivity index is 3.31. The molecule has 1 heterocycles. The fourth-order valence-electron chi connectivity index (χ4n) is 1.21. The molecule has 0 fully saturated rings. The normalized spacial score (nSPS) is 10.5. The van der Waals surface area contributed by atoms with Gasteiger partial charge in [-0.25, -0.2) is 13.8 Å². The highest BCUT2D eigenvalue weighted by atomic mass is 79.9. The quantitative estimate of drug-likeness (QED) is 0.777. The number of aromatic nitrogens is 1. The summed E-state index contributed by atoms with van der Waals surface area (Å²) in [4.78, 5) is 5.55. The molecule has 0 unspecified atom stereocenters. The van der Waals surface area contributed by atoms with Crippen LogP contribution in [0.4, 0.5) is 14.6 Å². The summed E-state index contributed by atoms with van der Waals surface area (Å²) >= 11 is 5.81. The van der Waals surface area contributed by atoms with Crippen molar-refractivity contribution in [2.45, 2.75) is 13.8 Å². The van der Waals surface area contributed by atoms with Gasteiger partial charge in [0.15, 0.2) is 17.5 Å². The minimum absolute atomic E-state index is 0.0117. The third-order valence-corrected chi connectivity index (χ3v) is 3.25. The first kappa shape index (κ1) is 12.8. The molecule has 0 aliphatic carbocycles. The highest BCUT2D eigenvalue weighted by Crippen LogP contribution is 2.30. The molecule has 2 nitrogen and oxygen atoms in total. The minimum Gasteiger partial charge on any atom is -0.355 e. The summed E-state index contributed by atoms with van der Waals surface area (Å²) in [5.41, 5.74) is 0. The van der Waals surface area contributed by atoms with E-state index in [-0.39, 0.29) is 14.9 Å². The fraction of sp³-hybridized carbons (Fsp3) is 0.444. The van der Waals surface area contributed by atoms with Crippen molar-refractivity contribution in [2.24, 2.45) is 0 Å². The van der Waals surface area contributed by atoms with Gasteiger partial charge in [0, 0.05) is 13.1 Å². The van der Waals surface area contributed by atoms with Crippen LogP contribution in [-0.4, -0.2) is 18.1 Å². The van der Waals surface area contributed by atoms with Crippen molar-refractivity contribution in [2.75, 3.05) is 18.0 Å². The van der Waals surface area contributed by atoms with Gasteiger partial charge in [-0.3, -0.25) is 0 Å². The van der Waals surface area contributed by atoms with Crippen LogP contribution in [0.2, 0.25) is 0 Å². The van der Waals surface area contributed by atoms with Crippen molar-refractivity contribution in [3.8, 4) is 0 Å². The van der Waals surface area contributed by atoms with Crippen molar-refractivity contribution in [1.82, 2.24) is 4.98 Å². The molecular formula is C9H10Br2F2N2. The summed E-state index contributed by atoms with van der Waals surface area (Å²) in [6.45, 7) is 5.00. The molecule has 1 aromatic heterocycles. The number of nitrogens with zero attached hydrogens (tertiary/aromatic N) is 2. The van der Waals surface area contributed by atoms with Gasteiger partial charge in [-0.1, -0.05) is 0 Å². The van der Waals surface area contributed by atoms with Crippen LogP contribution in [0.5, 0.6) is 0 Å². The molecule has 1 rings (SSSR count). The fourth-order valence-corrected chi connectivity index (χ4v) is 2.21. The Morgan fingerprint density at radius 2 is 1.67 bits per heavy atom. The van der Waals surface area contributed by atoms with Crippen molar-refractivity contribution < 1.29 is 8.78 Å². The standard InChI is InChI=1S/C9H10Br2F2N2/c1-3-15(4-2)9-7(13)5(10)6(12)8(11)14-9/h3-4H2,1-2H3. The van der Waals surface area contributed by atoms with Crippen molar-refractivity contribution in [3.63, 3.8) is 0 Å². The van der Waals surface area contributed by atoms with Crippen LogP contribution in [-0.2, 0) is 0 Å². The van der Waals surface area contributed by atoms with Crippen LogP contribution in [0.15, 0.2) is 9.08 Å². The summed E-state index contributed by atoms with van der Waals surface area (Å²) in [5.74, 6) is -1.23. The lowest BCUT2D eigenvalue weighted by molar-refractivity contribution is 0.551. The van der Waals surface area contributed by atoms with Gasteiger partial charge in [-0.2, -0.15) is 0 Å². The number of halogens is 4. The van der Waals surface area contributed by atoms with Gasteiger partial charge in [0.05, 0.1) is 4.47 Å². The molecular weight excluding hydrogens is 334 g/mol. The monoisotopic (exact) mass is 342 g/mol. The van der Waals surface area contributed by atoms with Crippen LogP contribution >= 0.6 is 31.9 Å². The lowest BCUT2D eigenvalue weighted by Gasteiger charge is -2.21. The SMILES string of the molecule is CCN(CC)c1nc(Br)c(F)c(Br)c1F. The molecule has 0 aliphatic rings. The lowest BCUT2D eigenvalue weighted by atomic mass is 10.4. The molecule has 84 valence electrons. The van der Waals surface area contributed by atoms with Crippen LogP contribution in [0.25, 0.3) is 0 Å². The first-order chi connectivity index (χ1) is 7.02. The number of hydrogen-bond donors (Lipinski definition) is 0. The molecule has 15 heavy (non-hydrogen) atoms. The van der Waals surface area contributed by atoms with Crippen LogP contribution in [0.1, 0.15) is 13.8 Å². The maximum absolute atomic E-state index is 13.7. The summed E-state index contributed by atoms with van der Waals surface area (Å²) in [6, 6.07) is 0. The average Bonchev–Trinajstić information content (AvgIpc) is 2.24. The number of anilines is 1. The van der Waals surface area contributed by atoms with Crippen molar-refractivity contribution in [3.05, 3.63) is 20.7 Å². The maximum atomic E-state index is 13.7. The van der Waals surface area contributed by atoms with Crippen LogP contribution in [0.3, 0.4) is 0 Å². The van der Waals surface area contributed by atoms with E-state index in [1.807, 2.05) is 13.8 Å². The molecule has 0 radical (unpaired) electrons. The van der Waals surface area contributed by atoms with Gasteiger partial charge in [0.1, 0.15) is 4.60 Å². The predicted octanol–water partition coefficient (Wildman–Crippen LogP) is 3.73. The van der Waals surface area contributed by atoms with E-state index in [1.165, 1.54) is 0 Å². The largest absolute Gasteiger partial charge is 0.355 e. The summed E-state index contributed by atoms with van der Waals surface area (Å²) < 4.78 is 26.7. The topological polar surface area (TPSA) is 16.1 Å². The Bertz CT molecular complexity index is 368. The smallest absolute Gasteiger partial charge is 0.182 e. The van der Waals surface area contributed by atoms with Gasteiger partial charge in [-0.05, 0) is 45.7 Å². The number of hydrogen-bond acceptors (Lipinski definition) is 2. The van der Waals surface area contributed by atoms with E-state index in [0.717, 1.165) is 0 Å². The maximum Gasteiger partial charge on any atom is 0.182 e. The van der Waals surface area contributed by atoms with E-state index in [9.17, 15) is 8.78 Å². The molecule has 1 aromatic rings. The lowest BCUT2D eigenvalue weighted by Crippen LogP contribution is -2.24. The van der Waals surface area contributed by atoms with Crippen molar-refractivity contribution in [1.29, 1.82) is 0 Å². The summed E-state index contributed by atoms with van der Waals surface area (Å²) in [6.07, 6.45) is 0.